The van der Waals surface area contributed by atoms with Gasteiger partial charge in [0.05, 0.1) is 0 Å². The SMILES string of the molecule is CC(C)C1C(CCO)=C(c2ccccc2)c2ccccc21. The Morgan fingerprint density at radius 2 is 1.62 bits per heavy atom. The highest BCUT2D eigenvalue weighted by molar-refractivity contribution is 5.88. The Morgan fingerprint density at radius 3 is 2.29 bits per heavy atom. The van der Waals surface area contributed by atoms with Gasteiger partial charge in [0.15, 0.2) is 0 Å². The fourth-order valence-corrected chi connectivity index (χ4v) is 3.62. The van der Waals surface area contributed by atoms with Gasteiger partial charge in [-0.1, -0.05) is 74.0 Å². The van der Waals surface area contributed by atoms with Crippen molar-refractivity contribution in [3.05, 3.63) is 76.9 Å². The molecule has 0 saturated heterocycles. The van der Waals surface area contributed by atoms with Gasteiger partial charge in [-0.2, -0.15) is 0 Å². The molecule has 2 aromatic rings. The Bertz CT molecular complexity index is 653. The van der Waals surface area contributed by atoms with Crippen LogP contribution < -0.4 is 0 Å². The van der Waals surface area contributed by atoms with Crippen molar-refractivity contribution in [1.82, 2.24) is 0 Å². The maximum absolute atomic E-state index is 9.54. The van der Waals surface area contributed by atoms with E-state index in [4.69, 9.17) is 0 Å². The predicted octanol–water partition coefficient (Wildman–Crippen LogP) is 4.62. The standard InChI is InChI=1S/C20H22O/c1-14(2)19-16-10-6-7-11-17(16)20(18(19)12-13-21)15-8-4-3-5-9-15/h3-11,14,19,21H,12-13H2,1-2H3. The molecule has 0 aromatic heterocycles. The average Bonchev–Trinajstić information content (AvgIpc) is 2.82. The largest absolute Gasteiger partial charge is 0.396 e. The highest BCUT2D eigenvalue weighted by atomic mass is 16.2. The molecule has 0 fully saturated rings. The summed E-state index contributed by atoms with van der Waals surface area (Å²) in [6.45, 7) is 4.75. The maximum Gasteiger partial charge on any atom is 0.0468 e. The zero-order valence-corrected chi connectivity index (χ0v) is 12.7. The van der Waals surface area contributed by atoms with Gasteiger partial charge in [-0.15, -0.1) is 0 Å². The first-order chi connectivity index (χ1) is 10.2. The number of hydrogen-bond acceptors (Lipinski definition) is 1. The normalized spacial score (nSPS) is 17.4. The van der Waals surface area contributed by atoms with E-state index in [-0.39, 0.29) is 6.61 Å². The molecule has 0 aliphatic heterocycles. The van der Waals surface area contributed by atoms with Crippen LogP contribution in [0.15, 0.2) is 60.2 Å². The van der Waals surface area contributed by atoms with E-state index in [0.29, 0.717) is 11.8 Å². The first-order valence-electron chi connectivity index (χ1n) is 7.72. The van der Waals surface area contributed by atoms with Gasteiger partial charge in [0.2, 0.25) is 0 Å². The van der Waals surface area contributed by atoms with E-state index < -0.39 is 0 Å². The lowest BCUT2D eigenvalue weighted by molar-refractivity contribution is 0.295. The number of aliphatic hydroxyl groups excluding tert-OH is 1. The molecular weight excluding hydrogens is 256 g/mol. The second-order valence-electron chi connectivity index (χ2n) is 6.05. The van der Waals surface area contributed by atoms with Gasteiger partial charge in [0.1, 0.15) is 0 Å². The fourth-order valence-electron chi connectivity index (χ4n) is 3.62. The molecule has 0 heterocycles. The molecule has 108 valence electrons. The molecule has 0 bridgehead atoms. The van der Waals surface area contributed by atoms with Crippen LogP contribution in [0.5, 0.6) is 0 Å². The molecule has 1 unspecified atom stereocenters. The molecule has 1 heteroatoms. The summed E-state index contributed by atoms with van der Waals surface area (Å²) in [6.07, 6.45) is 0.752. The van der Waals surface area contributed by atoms with E-state index in [1.54, 1.807) is 0 Å². The highest BCUT2D eigenvalue weighted by Gasteiger charge is 2.32. The van der Waals surface area contributed by atoms with Crippen LogP contribution in [0.2, 0.25) is 0 Å². The quantitative estimate of drug-likeness (QED) is 0.865. The molecule has 0 amide bonds. The lowest BCUT2D eigenvalue weighted by Crippen LogP contribution is -2.08. The number of benzene rings is 2. The summed E-state index contributed by atoms with van der Waals surface area (Å²) in [5, 5.41) is 9.54. The molecule has 1 N–H and O–H groups in total. The Morgan fingerprint density at radius 1 is 0.952 bits per heavy atom. The highest BCUT2D eigenvalue weighted by Crippen LogP contribution is 2.49. The molecule has 1 aliphatic rings. The topological polar surface area (TPSA) is 20.2 Å². The minimum absolute atomic E-state index is 0.211. The summed E-state index contributed by atoms with van der Waals surface area (Å²) >= 11 is 0. The minimum atomic E-state index is 0.211. The molecular formula is C20H22O. The van der Waals surface area contributed by atoms with Crippen LogP contribution in [0.4, 0.5) is 0 Å². The monoisotopic (exact) mass is 278 g/mol. The van der Waals surface area contributed by atoms with Gasteiger partial charge in [-0.05, 0) is 34.6 Å². The van der Waals surface area contributed by atoms with Gasteiger partial charge in [0.25, 0.3) is 0 Å². The lowest BCUT2D eigenvalue weighted by Gasteiger charge is -2.20. The second-order valence-corrected chi connectivity index (χ2v) is 6.05. The number of rotatable bonds is 4. The minimum Gasteiger partial charge on any atom is -0.396 e. The third-order valence-corrected chi connectivity index (χ3v) is 4.37. The van der Waals surface area contributed by atoms with Crippen LogP contribution in [-0.4, -0.2) is 11.7 Å². The van der Waals surface area contributed by atoms with E-state index in [1.165, 1.54) is 27.8 Å². The zero-order chi connectivity index (χ0) is 14.8. The first-order valence-corrected chi connectivity index (χ1v) is 7.72. The molecule has 3 rings (SSSR count). The van der Waals surface area contributed by atoms with Crippen molar-refractivity contribution in [2.75, 3.05) is 6.61 Å². The summed E-state index contributed by atoms with van der Waals surface area (Å²) in [5.74, 6) is 0.956. The predicted molar refractivity (Wildman–Crippen MR) is 88.2 cm³/mol. The molecule has 1 nitrogen and oxygen atoms in total. The van der Waals surface area contributed by atoms with Gasteiger partial charge >= 0.3 is 0 Å². The zero-order valence-electron chi connectivity index (χ0n) is 12.7. The van der Waals surface area contributed by atoms with Crippen LogP contribution in [0.3, 0.4) is 0 Å². The van der Waals surface area contributed by atoms with Gasteiger partial charge in [0, 0.05) is 12.5 Å². The average molecular weight is 278 g/mol. The van der Waals surface area contributed by atoms with E-state index in [2.05, 4.69) is 68.4 Å². The molecule has 2 aromatic carbocycles. The van der Waals surface area contributed by atoms with Gasteiger partial charge in [-0.25, -0.2) is 0 Å². The van der Waals surface area contributed by atoms with Crippen LogP contribution in [0.25, 0.3) is 5.57 Å². The van der Waals surface area contributed by atoms with Gasteiger partial charge in [-0.3, -0.25) is 0 Å². The molecule has 0 radical (unpaired) electrons. The molecule has 0 saturated carbocycles. The van der Waals surface area contributed by atoms with Crippen LogP contribution in [0, 0.1) is 5.92 Å². The van der Waals surface area contributed by atoms with Crippen molar-refractivity contribution in [1.29, 1.82) is 0 Å². The van der Waals surface area contributed by atoms with E-state index >= 15 is 0 Å². The summed E-state index contributed by atoms with van der Waals surface area (Å²) in [6, 6.07) is 19.3. The smallest absolute Gasteiger partial charge is 0.0468 e. The fraction of sp³-hybridized carbons (Fsp3) is 0.300. The van der Waals surface area contributed by atoms with E-state index in [1.807, 2.05) is 0 Å². The van der Waals surface area contributed by atoms with E-state index in [0.717, 1.165) is 6.42 Å². The Balaban J connectivity index is 2.24. The molecule has 21 heavy (non-hydrogen) atoms. The van der Waals surface area contributed by atoms with Crippen LogP contribution >= 0.6 is 0 Å². The third-order valence-electron chi connectivity index (χ3n) is 4.37. The summed E-state index contributed by atoms with van der Waals surface area (Å²) < 4.78 is 0. The number of fused-ring (bicyclic) bond motifs is 1. The summed E-state index contributed by atoms with van der Waals surface area (Å²) in [4.78, 5) is 0. The van der Waals surface area contributed by atoms with Crippen molar-refractivity contribution >= 4 is 5.57 Å². The molecule has 1 aliphatic carbocycles. The van der Waals surface area contributed by atoms with Crippen molar-refractivity contribution in [2.24, 2.45) is 5.92 Å². The Hall–Kier alpha value is -1.86. The van der Waals surface area contributed by atoms with Crippen molar-refractivity contribution in [3.8, 4) is 0 Å². The Kier molecular flexibility index (Phi) is 3.94. The third kappa shape index (κ3) is 2.43. The Labute approximate surface area is 127 Å². The molecule has 0 spiro atoms. The summed E-state index contributed by atoms with van der Waals surface area (Å²) in [5.41, 5.74) is 6.73. The molecule has 1 atom stereocenters. The van der Waals surface area contributed by atoms with Crippen molar-refractivity contribution < 1.29 is 5.11 Å². The summed E-state index contributed by atoms with van der Waals surface area (Å²) in [7, 11) is 0. The second kappa shape index (κ2) is 5.87. The number of hydrogen-bond donors (Lipinski definition) is 1. The van der Waals surface area contributed by atoms with Crippen molar-refractivity contribution in [2.45, 2.75) is 26.2 Å². The maximum atomic E-state index is 9.54. The first kappa shape index (κ1) is 14.1. The lowest BCUT2D eigenvalue weighted by atomic mass is 9.84. The van der Waals surface area contributed by atoms with Crippen LogP contribution in [0.1, 0.15) is 42.9 Å². The number of aliphatic hydroxyl groups is 1. The van der Waals surface area contributed by atoms with E-state index in [9.17, 15) is 5.11 Å². The van der Waals surface area contributed by atoms with Crippen molar-refractivity contribution in [3.63, 3.8) is 0 Å². The van der Waals surface area contributed by atoms with Crippen LogP contribution in [-0.2, 0) is 0 Å². The van der Waals surface area contributed by atoms with Gasteiger partial charge < -0.3 is 5.11 Å².